The first-order chi connectivity index (χ1) is 5.22. The van der Waals surface area contributed by atoms with Crippen molar-refractivity contribution in [3.8, 4) is 0 Å². The lowest BCUT2D eigenvalue weighted by Crippen LogP contribution is -2.48. The number of hydrogen-bond donors (Lipinski definition) is 2. The summed E-state index contributed by atoms with van der Waals surface area (Å²) in [6, 6.07) is 0. The lowest BCUT2D eigenvalue weighted by Gasteiger charge is -2.34. The first-order valence-electron chi connectivity index (χ1n) is 4.04. The minimum Gasteiger partial charge on any atom is -0.369 e. The van der Waals surface area contributed by atoms with E-state index in [1.165, 1.54) is 19.3 Å². The van der Waals surface area contributed by atoms with E-state index in [1.807, 2.05) is 7.05 Å². The number of nitrogens with one attached hydrogen (secondary N) is 1. The molecule has 64 valence electrons. The highest BCUT2D eigenvalue weighted by atomic mass is 15.6. The minimum atomic E-state index is 0.131. The third kappa shape index (κ3) is 2.08. The van der Waals surface area contributed by atoms with Crippen LogP contribution in [-0.2, 0) is 0 Å². The van der Waals surface area contributed by atoms with Crippen LogP contribution in [0.3, 0.4) is 0 Å². The number of nitrogens with zero attached hydrogens (tertiary/aromatic N) is 2. The molecule has 4 nitrogen and oxygen atoms in total. The summed E-state index contributed by atoms with van der Waals surface area (Å²) in [5, 5.41) is 11.0. The van der Waals surface area contributed by atoms with Gasteiger partial charge in [0.1, 0.15) is 0 Å². The second kappa shape index (κ2) is 3.57. The molecule has 0 aliphatic carbocycles. The van der Waals surface area contributed by atoms with Gasteiger partial charge in [-0.15, -0.1) is 0 Å². The molecule has 0 amide bonds. The first-order valence-corrected chi connectivity index (χ1v) is 4.04. The van der Waals surface area contributed by atoms with Crippen LogP contribution < -0.4 is 5.73 Å². The molecule has 0 aromatic heterocycles. The number of guanidine groups is 1. The predicted molar refractivity (Wildman–Crippen MR) is 45.1 cm³/mol. The first kappa shape index (κ1) is 8.33. The summed E-state index contributed by atoms with van der Waals surface area (Å²) in [6.45, 7) is 2.08. The fourth-order valence-corrected chi connectivity index (χ4v) is 1.33. The number of nitrogens with two attached hydrogens (primary N) is 1. The summed E-state index contributed by atoms with van der Waals surface area (Å²) in [5.74, 6) is 0.131. The molecule has 0 radical (unpaired) electrons. The molecule has 11 heavy (non-hydrogen) atoms. The highest BCUT2D eigenvalue weighted by molar-refractivity contribution is 5.73. The number of rotatable bonds is 1. The van der Waals surface area contributed by atoms with Crippen LogP contribution in [0.15, 0.2) is 0 Å². The average molecular weight is 156 g/mol. The molecule has 4 heteroatoms. The van der Waals surface area contributed by atoms with Crippen LogP contribution in [0.1, 0.15) is 19.3 Å². The molecule has 1 fully saturated rings. The molecule has 1 heterocycles. The van der Waals surface area contributed by atoms with Crippen molar-refractivity contribution < 1.29 is 0 Å². The molecule has 0 atom stereocenters. The van der Waals surface area contributed by atoms with E-state index >= 15 is 0 Å². The van der Waals surface area contributed by atoms with Crippen molar-refractivity contribution in [1.29, 1.82) is 5.41 Å². The zero-order valence-electron chi connectivity index (χ0n) is 7.01. The van der Waals surface area contributed by atoms with Crippen LogP contribution >= 0.6 is 0 Å². The zero-order chi connectivity index (χ0) is 8.27. The molecule has 0 bridgehead atoms. The van der Waals surface area contributed by atoms with E-state index in [4.69, 9.17) is 11.1 Å². The van der Waals surface area contributed by atoms with E-state index in [-0.39, 0.29) is 5.96 Å². The van der Waals surface area contributed by atoms with Gasteiger partial charge in [0.15, 0.2) is 0 Å². The smallest absolute Gasteiger partial charge is 0.202 e. The standard InChI is InChI=1S/C7H16N4/c1-10(7(8)9)11-5-3-2-4-6-11/h2-6H2,1H3,(H3,8,9). The molecule has 0 spiro atoms. The minimum absolute atomic E-state index is 0.131. The van der Waals surface area contributed by atoms with Crippen LogP contribution in [0.25, 0.3) is 0 Å². The number of piperidine rings is 1. The van der Waals surface area contributed by atoms with E-state index in [9.17, 15) is 0 Å². The van der Waals surface area contributed by atoms with Crippen molar-refractivity contribution in [3.63, 3.8) is 0 Å². The normalized spacial score (nSPS) is 19.7. The summed E-state index contributed by atoms with van der Waals surface area (Å²) >= 11 is 0. The molecule has 1 aliphatic heterocycles. The van der Waals surface area contributed by atoms with E-state index in [0.717, 1.165) is 13.1 Å². The quantitative estimate of drug-likeness (QED) is 0.421. The summed E-state index contributed by atoms with van der Waals surface area (Å²) in [5.41, 5.74) is 5.33. The highest BCUT2D eigenvalue weighted by Gasteiger charge is 2.14. The van der Waals surface area contributed by atoms with Crippen molar-refractivity contribution >= 4 is 5.96 Å². The maximum atomic E-state index is 7.20. The highest BCUT2D eigenvalue weighted by Crippen LogP contribution is 2.09. The van der Waals surface area contributed by atoms with Crippen molar-refractivity contribution in [3.05, 3.63) is 0 Å². The van der Waals surface area contributed by atoms with E-state index < -0.39 is 0 Å². The van der Waals surface area contributed by atoms with Gasteiger partial charge in [-0.05, 0) is 12.8 Å². The molecule has 0 unspecified atom stereocenters. The van der Waals surface area contributed by atoms with Gasteiger partial charge >= 0.3 is 0 Å². The third-order valence-electron chi connectivity index (χ3n) is 2.11. The zero-order valence-corrected chi connectivity index (χ0v) is 7.01. The van der Waals surface area contributed by atoms with Gasteiger partial charge in [-0.3, -0.25) is 10.4 Å². The van der Waals surface area contributed by atoms with E-state index in [1.54, 1.807) is 5.01 Å². The summed E-state index contributed by atoms with van der Waals surface area (Å²) in [7, 11) is 1.84. The van der Waals surface area contributed by atoms with Crippen LogP contribution in [-0.4, -0.2) is 36.1 Å². The topological polar surface area (TPSA) is 56.4 Å². The fourth-order valence-electron chi connectivity index (χ4n) is 1.33. The van der Waals surface area contributed by atoms with Crippen molar-refractivity contribution in [2.45, 2.75) is 19.3 Å². The summed E-state index contributed by atoms with van der Waals surface area (Å²) in [4.78, 5) is 0. The Morgan fingerprint density at radius 2 is 1.91 bits per heavy atom. The van der Waals surface area contributed by atoms with Crippen LogP contribution in [0.2, 0.25) is 0 Å². The molecule has 1 rings (SSSR count). The Morgan fingerprint density at radius 1 is 1.36 bits per heavy atom. The Kier molecular flexibility index (Phi) is 2.70. The molecule has 3 N–H and O–H groups in total. The summed E-state index contributed by atoms with van der Waals surface area (Å²) < 4.78 is 0. The lowest BCUT2D eigenvalue weighted by atomic mass is 10.2. The maximum Gasteiger partial charge on any atom is 0.202 e. The van der Waals surface area contributed by atoms with Gasteiger partial charge in [0.25, 0.3) is 0 Å². The number of hydrazine groups is 1. The maximum absolute atomic E-state index is 7.20. The molecule has 0 saturated carbocycles. The lowest BCUT2D eigenvalue weighted by molar-refractivity contribution is 0.0459. The second-order valence-corrected chi connectivity index (χ2v) is 2.92. The van der Waals surface area contributed by atoms with Crippen LogP contribution in [0, 0.1) is 5.41 Å². The van der Waals surface area contributed by atoms with Crippen molar-refractivity contribution in [2.75, 3.05) is 20.1 Å². The van der Waals surface area contributed by atoms with Gasteiger partial charge in [-0.1, -0.05) is 6.42 Å². The molecule has 0 aromatic rings. The SMILES string of the molecule is CN(C(=N)N)N1CCCCC1. The van der Waals surface area contributed by atoms with Gasteiger partial charge in [0.2, 0.25) is 5.96 Å². The Hall–Kier alpha value is -0.770. The van der Waals surface area contributed by atoms with Gasteiger partial charge in [-0.2, -0.15) is 0 Å². The monoisotopic (exact) mass is 156 g/mol. The predicted octanol–water partition coefficient (Wildman–Crippen LogP) is 0.213. The average Bonchev–Trinajstić information content (AvgIpc) is 2.05. The van der Waals surface area contributed by atoms with Crippen LogP contribution in [0.4, 0.5) is 0 Å². The van der Waals surface area contributed by atoms with Crippen molar-refractivity contribution in [2.24, 2.45) is 5.73 Å². The molecule has 1 aliphatic rings. The van der Waals surface area contributed by atoms with Gasteiger partial charge in [-0.25, -0.2) is 5.01 Å². The Balaban J connectivity index is 2.38. The Bertz CT molecular complexity index is 139. The molecular weight excluding hydrogens is 140 g/mol. The Labute approximate surface area is 67.4 Å². The largest absolute Gasteiger partial charge is 0.369 e. The second-order valence-electron chi connectivity index (χ2n) is 2.92. The van der Waals surface area contributed by atoms with Gasteiger partial charge in [0, 0.05) is 20.1 Å². The number of hydrogen-bond acceptors (Lipinski definition) is 2. The molecule has 0 aromatic carbocycles. The Morgan fingerprint density at radius 3 is 2.36 bits per heavy atom. The fraction of sp³-hybridized carbons (Fsp3) is 0.857. The van der Waals surface area contributed by atoms with E-state index in [2.05, 4.69) is 5.01 Å². The van der Waals surface area contributed by atoms with E-state index in [0.29, 0.717) is 0 Å². The van der Waals surface area contributed by atoms with Gasteiger partial charge in [0.05, 0.1) is 0 Å². The molecular formula is C7H16N4. The third-order valence-corrected chi connectivity index (χ3v) is 2.11. The van der Waals surface area contributed by atoms with Crippen molar-refractivity contribution in [1.82, 2.24) is 10.0 Å². The van der Waals surface area contributed by atoms with Gasteiger partial charge < -0.3 is 5.73 Å². The molecule has 1 saturated heterocycles. The van der Waals surface area contributed by atoms with Crippen LogP contribution in [0.5, 0.6) is 0 Å². The summed E-state index contributed by atoms with van der Waals surface area (Å²) in [6.07, 6.45) is 3.75.